The maximum Gasteiger partial charge on any atom is 0.307 e. The number of nitrogens with zero attached hydrogens (tertiary/aromatic N) is 4. The largest absolute Gasteiger partial charge is 0.481 e. The van der Waals surface area contributed by atoms with Crippen molar-refractivity contribution in [1.29, 1.82) is 0 Å². The number of aliphatic carboxylic acids is 1. The fourth-order valence-electron chi connectivity index (χ4n) is 13.0. The zero-order chi connectivity index (χ0) is 39.4. The fraction of sp³-hybridized carbons (Fsp3) is 0.778. The summed E-state index contributed by atoms with van der Waals surface area (Å²) in [7, 11) is 2.04. The number of allylic oxidation sites excluding steroid dienone is 1. The van der Waals surface area contributed by atoms with Crippen molar-refractivity contribution in [2.75, 3.05) is 19.8 Å². The summed E-state index contributed by atoms with van der Waals surface area (Å²) in [6.45, 7) is 26.7. The van der Waals surface area contributed by atoms with Crippen molar-refractivity contribution in [3.05, 3.63) is 42.5 Å². The van der Waals surface area contributed by atoms with E-state index in [1.54, 1.807) is 6.33 Å². The number of ether oxygens (including phenoxy) is 2. The molecule has 2 bridgehead atoms. The van der Waals surface area contributed by atoms with Crippen molar-refractivity contribution in [3.8, 4) is 11.4 Å². The van der Waals surface area contributed by atoms with E-state index in [0.717, 1.165) is 49.9 Å². The van der Waals surface area contributed by atoms with Crippen LogP contribution in [0.1, 0.15) is 121 Å². The first kappa shape index (κ1) is 39.6. The van der Waals surface area contributed by atoms with E-state index in [4.69, 9.17) is 25.3 Å². The average Bonchev–Trinajstić information content (AvgIpc) is 3.57. The zero-order valence-electron chi connectivity index (χ0n) is 35.4. The van der Waals surface area contributed by atoms with E-state index in [1.807, 2.05) is 13.2 Å². The molecule has 4 aliphatic carbocycles. The predicted octanol–water partition coefficient (Wildman–Crippen LogP) is 8.05. The van der Waals surface area contributed by atoms with E-state index in [9.17, 15) is 9.90 Å². The van der Waals surface area contributed by atoms with Crippen LogP contribution in [-0.4, -0.2) is 57.3 Å². The van der Waals surface area contributed by atoms with E-state index in [2.05, 4.69) is 110 Å². The van der Waals surface area contributed by atoms with Crippen LogP contribution in [0.3, 0.4) is 0 Å². The highest BCUT2D eigenvalue weighted by Crippen LogP contribution is 2.75. The Morgan fingerprint density at radius 3 is 2.48 bits per heavy atom. The molecule has 0 amide bonds. The first-order chi connectivity index (χ1) is 25.1. The Hall–Kier alpha value is -2.62. The Morgan fingerprint density at radius 1 is 1.11 bits per heavy atom. The number of pyridine rings is 1. The van der Waals surface area contributed by atoms with E-state index < -0.39 is 17.4 Å². The molecule has 12 atom stereocenters. The molecule has 4 fully saturated rings. The van der Waals surface area contributed by atoms with Crippen molar-refractivity contribution in [3.63, 3.8) is 0 Å². The third-order valence-corrected chi connectivity index (χ3v) is 17.5. The maximum atomic E-state index is 13.6. The number of nitrogens with two attached hydrogens (primary N) is 1. The van der Waals surface area contributed by atoms with Crippen molar-refractivity contribution in [1.82, 2.24) is 14.8 Å². The summed E-state index contributed by atoms with van der Waals surface area (Å²) in [5.41, 5.74) is 7.52. The van der Waals surface area contributed by atoms with Crippen LogP contribution in [0.15, 0.2) is 42.5 Å². The lowest BCUT2D eigenvalue weighted by Crippen LogP contribution is -2.69. The lowest BCUT2D eigenvalue weighted by atomic mass is 9.34. The number of carboxylic acids is 1. The van der Waals surface area contributed by atoms with Crippen molar-refractivity contribution < 1.29 is 23.9 Å². The third-order valence-electron chi connectivity index (χ3n) is 17.5. The van der Waals surface area contributed by atoms with Gasteiger partial charge in [-0.1, -0.05) is 80.9 Å². The minimum atomic E-state index is -0.622. The Bertz CT molecular complexity index is 1800. The van der Waals surface area contributed by atoms with Gasteiger partial charge in [-0.15, -0.1) is 0 Å². The molecule has 0 aromatic carbocycles. The predicted molar refractivity (Wildman–Crippen MR) is 211 cm³/mol. The smallest absolute Gasteiger partial charge is 0.307 e. The van der Waals surface area contributed by atoms with Crippen LogP contribution in [0, 0.1) is 62.1 Å². The molecule has 3 heterocycles. The molecule has 298 valence electrons. The molecular weight excluding hydrogens is 675 g/mol. The van der Waals surface area contributed by atoms with Gasteiger partial charge in [-0.3, -0.25) is 4.79 Å². The van der Waals surface area contributed by atoms with Crippen LogP contribution >= 0.6 is 0 Å². The monoisotopic (exact) mass is 745 g/mol. The Balaban J connectivity index is 1.36. The third kappa shape index (κ3) is 5.54. The minimum absolute atomic E-state index is 0.108. The first-order valence-electron chi connectivity index (χ1n) is 20.8. The van der Waals surface area contributed by atoms with Crippen LogP contribution in [0.2, 0.25) is 0 Å². The van der Waals surface area contributed by atoms with E-state index in [0.29, 0.717) is 37.6 Å². The number of carboxylic acid groups (broad SMARTS) is 1. The van der Waals surface area contributed by atoms with Gasteiger partial charge in [0.05, 0.1) is 43.4 Å². The van der Waals surface area contributed by atoms with E-state index >= 15 is 0 Å². The summed E-state index contributed by atoms with van der Waals surface area (Å²) in [5.74, 6) is 1.16. The molecule has 9 nitrogen and oxygen atoms in total. The second-order valence-electron chi connectivity index (χ2n) is 21.3. The van der Waals surface area contributed by atoms with Crippen molar-refractivity contribution in [2.45, 2.75) is 132 Å². The lowest BCUT2D eigenvalue weighted by Gasteiger charge is -2.71. The number of hydrogen-bond acceptors (Lipinski definition) is 6. The Morgan fingerprint density at radius 2 is 1.83 bits per heavy atom. The van der Waals surface area contributed by atoms with Gasteiger partial charge in [0, 0.05) is 22.4 Å². The van der Waals surface area contributed by atoms with E-state index in [-0.39, 0.29) is 50.6 Å². The standard InChI is InChI=1S/C45H69N5O4/c1-28(2)29(3)40(7)19-20-42(9)31-15-16-34-41(8)24-53-26-45(34,32(31)17-18-43(42,10)35(40)38(51)52)22-33(36(41)54-25-44(11,46)39(4,5)6)50-37(47-27-48-50)30-14-13-21-49(12)23-30/h13-14,17,21,23,27-29,31,33-36H,15-16,18-20,22,24-26,46H2,1-12H3/p+1/t29-,31+,33-,34+,35-,36+,40-,41+,42-,43+,44+,45+/m1/s1. The first-order valence-corrected chi connectivity index (χ1v) is 20.8. The van der Waals surface area contributed by atoms with E-state index in [1.165, 1.54) is 5.57 Å². The molecule has 2 aromatic heterocycles. The van der Waals surface area contributed by atoms with Crippen LogP contribution in [-0.2, 0) is 21.3 Å². The molecule has 54 heavy (non-hydrogen) atoms. The second kappa shape index (κ2) is 13.0. The fourth-order valence-corrected chi connectivity index (χ4v) is 13.0. The quantitative estimate of drug-likeness (QED) is 0.208. The summed E-state index contributed by atoms with van der Waals surface area (Å²) in [4.78, 5) is 18.5. The van der Waals surface area contributed by atoms with Gasteiger partial charge in [-0.05, 0) is 96.8 Å². The highest BCUT2D eigenvalue weighted by molar-refractivity contribution is 5.73. The normalized spacial score (nSPS) is 40.9. The number of fused-ring (bicyclic) bond motifs is 3. The molecule has 0 unspecified atom stereocenters. The molecule has 1 saturated heterocycles. The molecule has 7 rings (SSSR count). The summed E-state index contributed by atoms with van der Waals surface area (Å²) in [5, 5.41) is 16.2. The summed E-state index contributed by atoms with van der Waals surface area (Å²) in [6.07, 6.45) is 13.9. The van der Waals surface area contributed by atoms with Gasteiger partial charge >= 0.3 is 5.97 Å². The van der Waals surface area contributed by atoms with Crippen LogP contribution in [0.25, 0.3) is 11.4 Å². The van der Waals surface area contributed by atoms with Crippen molar-refractivity contribution in [2.24, 2.45) is 74.9 Å². The minimum Gasteiger partial charge on any atom is -0.481 e. The highest BCUT2D eigenvalue weighted by Gasteiger charge is 2.72. The molecule has 0 spiro atoms. The molecule has 5 aliphatic rings. The van der Waals surface area contributed by atoms with Gasteiger partial charge in [-0.25, -0.2) is 14.2 Å². The van der Waals surface area contributed by atoms with Crippen molar-refractivity contribution >= 4 is 5.97 Å². The van der Waals surface area contributed by atoms with Gasteiger partial charge in [0.1, 0.15) is 13.4 Å². The molecule has 3 saturated carbocycles. The highest BCUT2D eigenvalue weighted by atomic mass is 16.5. The molecule has 9 heteroatoms. The molecule has 0 radical (unpaired) electrons. The summed E-state index contributed by atoms with van der Waals surface area (Å²) in [6, 6.07) is 4.06. The topological polar surface area (TPSA) is 116 Å². The van der Waals surface area contributed by atoms with Gasteiger partial charge in [-0.2, -0.15) is 5.10 Å². The molecular formula is C45H70N5O4+. The van der Waals surface area contributed by atoms with Gasteiger partial charge < -0.3 is 20.3 Å². The van der Waals surface area contributed by atoms with Crippen LogP contribution < -0.4 is 10.3 Å². The lowest BCUT2D eigenvalue weighted by molar-refractivity contribution is -0.671. The number of carbonyl (C=O) groups is 1. The zero-order valence-corrected chi connectivity index (χ0v) is 35.4. The van der Waals surface area contributed by atoms with Gasteiger partial charge in [0.2, 0.25) is 0 Å². The second-order valence-corrected chi connectivity index (χ2v) is 21.3. The summed E-state index contributed by atoms with van der Waals surface area (Å²) >= 11 is 0. The van der Waals surface area contributed by atoms with Crippen LogP contribution in [0.4, 0.5) is 0 Å². The molecule has 2 aromatic rings. The average molecular weight is 745 g/mol. The van der Waals surface area contributed by atoms with Crippen LogP contribution in [0.5, 0.6) is 0 Å². The number of hydrogen-bond donors (Lipinski definition) is 2. The Kier molecular flexibility index (Phi) is 9.50. The number of aromatic nitrogens is 4. The number of rotatable bonds is 8. The van der Waals surface area contributed by atoms with Gasteiger partial charge in [0.25, 0.3) is 0 Å². The SMILES string of the molecule is CC(C)[C@@H](C)[C@@]1(C)CC[C@]2(C)[C@H]3CC[C@@H]4[C@@]5(COC[C@]4(C)[C@@H](OC[C@](C)(N)C(C)(C)C)[C@H](n4ncnc4-c4ccc[n+](C)c4)C5)C3=CC[C@@]2(C)[C@@H]1C(=O)O. The van der Waals surface area contributed by atoms with Gasteiger partial charge in [0.15, 0.2) is 18.2 Å². The maximum absolute atomic E-state index is 13.6. The summed E-state index contributed by atoms with van der Waals surface area (Å²) < 4.78 is 18.3. The molecule has 1 aliphatic heterocycles. The molecule has 3 N–H and O–H groups in total. The number of aryl methyl sites for hydroxylation is 1. The Labute approximate surface area is 324 Å².